The fourth-order valence-electron chi connectivity index (χ4n) is 4.54. The summed E-state index contributed by atoms with van der Waals surface area (Å²) in [5.74, 6) is 2.17. The monoisotopic (exact) mass is 425 g/mol. The van der Waals surface area contributed by atoms with Crippen LogP contribution in [0.3, 0.4) is 0 Å². The molecule has 1 amide bonds. The molecule has 0 radical (unpaired) electrons. The molecule has 2 aromatic rings. The third-order valence-corrected chi connectivity index (χ3v) is 6.23. The minimum Gasteiger partial charge on any atom is -0.486 e. The first-order chi connectivity index (χ1) is 14.9. The summed E-state index contributed by atoms with van der Waals surface area (Å²) >= 11 is 0. The van der Waals surface area contributed by atoms with Crippen LogP contribution in [0.15, 0.2) is 24.3 Å². The molecule has 7 nitrogen and oxygen atoms in total. The fourth-order valence-corrected chi connectivity index (χ4v) is 4.54. The van der Waals surface area contributed by atoms with Crippen molar-refractivity contribution in [2.75, 3.05) is 39.4 Å². The van der Waals surface area contributed by atoms with Gasteiger partial charge in [-0.1, -0.05) is 0 Å². The normalized spacial score (nSPS) is 16.9. The van der Waals surface area contributed by atoms with E-state index in [9.17, 15) is 9.59 Å². The highest BCUT2D eigenvalue weighted by atomic mass is 16.6. The van der Waals surface area contributed by atoms with E-state index >= 15 is 0 Å². The zero-order chi connectivity index (χ0) is 22.0. The number of amides is 1. The Morgan fingerprint density at radius 1 is 1.06 bits per heavy atom. The number of fused-ring (bicyclic) bond motifs is 1. The van der Waals surface area contributed by atoms with Crippen LogP contribution >= 0.6 is 0 Å². The van der Waals surface area contributed by atoms with Gasteiger partial charge in [0.15, 0.2) is 17.3 Å². The summed E-state index contributed by atoms with van der Waals surface area (Å²) in [4.78, 5) is 26.4. The number of ketones is 1. The summed E-state index contributed by atoms with van der Waals surface area (Å²) in [6.07, 6.45) is 2.01. The Hall–Kier alpha value is -2.80. The average Bonchev–Trinajstić information content (AvgIpc) is 3.07. The van der Waals surface area contributed by atoms with E-state index in [1.54, 1.807) is 6.92 Å². The first kappa shape index (κ1) is 21.4. The molecule has 1 aromatic heterocycles. The highest BCUT2D eigenvalue weighted by Crippen LogP contribution is 2.33. The van der Waals surface area contributed by atoms with Gasteiger partial charge in [-0.2, -0.15) is 0 Å². The van der Waals surface area contributed by atoms with Crippen molar-refractivity contribution >= 4 is 11.7 Å². The van der Waals surface area contributed by atoms with Gasteiger partial charge in [-0.25, -0.2) is 0 Å². The zero-order valence-corrected chi connectivity index (χ0v) is 18.6. The standard InChI is InChI=1S/C24H31N3O4/c1-16-12-21(22(29)15-26-8-6-19(7-9-26)14-25-18(3)28)17(2)27(16)20-4-5-23-24(13-20)31-11-10-30-23/h4-5,12-13,19H,6-11,14-15H2,1-3H3,(H,25,28). The van der Waals surface area contributed by atoms with Crippen LogP contribution in [0.1, 0.15) is 41.5 Å². The molecule has 7 heteroatoms. The second kappa shape index (κ2) is 9.14. The highest BCUT2D eigenvalue weighted by molar-refractivity contribution is 5.99. The SMILES string of the molecule is CC(=O)NCC1CCN(CC(=O)c2cc(C)n(-c3ccc4c(c3)OCCO4)c2C)CC1. The van der Waals surface area contributed by atoms with Gasteiger partial charge in [-0.15, -0.1) is 0 Å². The summed E-state index contributed by atoms with van der Waals surface area (Å²) in [5.41, 5.74) is 3.70. The van der Waals surface area contributed by atoms with E-state index in [4.69, 9.17) is 9.47 Å². The van der Waals surface area contributed by atoms with Crippen molar-refractivity contribution in [2.45, 2.75) is 33.6 Å². The van der Waals surface area contributed by atoms with Crippen molar-refractivity contribution in [1.82, 2.24) is 14.8 Å². The maximum atomic E-state index is 13.1. The van der Waals surface area contributed by atoms with Crippen molar-refractivity contribution in [1.29, 1.82) is 0 Å². The summed E-state index contributed by atoms with van der Waals surface area (Å²) in [7, 11) is 0. The average molecular weight is 426 g/mol. The zero-order valence-electron chi connectivity index (χ0n) is 18.6. The summed E-state index contributed by atoms with van der Waals surface area (Å²) < 4.78 is 13.4. The summed E-state index contributed by atoms with van der Waals surface area (Å²) in [6, 6.07) is 7.89. The number of ether oxygens (including phenoxy) is 2. The Labute approximate surface area is 183 Å². The van der Waals surface area contributed by atoms with E-state index in [0.29, 0.717) is 25.7 Å². The molecule has 1 fully saturated rings. The molecule has 0 spiro atoms. The van der Waals surface area contributed by atoms with Crippen molar-refractivity contribution < 1.29 is 19.1 Å². The van der Waals surface area contributed by atoms with Gasteiger partial charge in [-0.05, 0) is 63.9 Å². The van der Waals surface area contributed by atoms with E-state index in [1.807, 2.05) is 38.1 Å². The van der Waals surface area contributed by atoms with Crippen LogP contribution in [0.4, 0.5) is 0 Å². The predicted molar refractivity (Wildman–Crippen MR) is 118 cm³/mol. The van der Waals surface area contributed by atoms with E-state index < -0.39 is 0 Å². The molecular formula is C24H31N3O4. The molecule has 166 valence electrons. The molecule has 2 aliphatic rings. The Kier molecular flexibility index (Phi) is 6.32. The van der Waals surface area contributed by atoms with Crippen LogP contribution in [0, 0.1) is 19.8 Å². The lowest BCUT2D eigenvalue weighted by atomic mass is 9.96. The largest absolute Gasteiger partial charge is 0.486 e. The maximum Gasteiger partial charge on any atom is 0.216 e. The lowest BCUT2D eigenvalue weighted by Crippen LogP contribution is -2.40. The Morgan fingerprint density at radius 2 is 1.77 bits per heavy atom. The Morgan fingerprint density at radius 3 is 2.48 bits per heavy atom. The van der Waals surface area contributed by atoms with Gasteiger partial charge >= 0.3 is 0 Å². The number of carbonyl (C=O) groups excluding carboxylic acids is 2. The third-order valence-electron chi connectivity index (χ3n) is 6.23. The van der Waals surface area contributed by atoms with Gasteiger partial charge in [0.05, 0.1) is 6.54 Å². The second-order valence-electron chi connectivity index (χ2n) is 8.53. The predicted octanol–water partition coefficient (Wildman–Crippen LogP) is 2.90. The van der Waals surface area contributed by atoms with Gasteiger partial charge in [0, 0.05) is 42.2 Å². The number of aromatic nitrogens is 1. The van der Waals surface area contributed by atoms with Crippen LogP contribution in [0.5, 0.6) is 11.5 Å². The number of nitrogens with zero attached hydrogens (tertiary/aromatic N) is 2. The fraction of sp³-hybridized carbons (Fsp3) is 0.500. The van der Waals surface area contributed by atoms with Gasteiger partial charge in [0.2, 0.25) is 5.91 Å². The number of likely N-dealkylation sites (tertiary alicyclic amines) is 1. The van der Waals surface area contributed by atoms with Gasteiger partial charge in [0.25, 0.3) is 0 Å². The van der Waals surface area contributed by atoms with E-state index in [2.05, 4.69) is 14.8 Å². The van der Waals surface area contributed by atoms with Crippen molar-refractivity contribution in [2.24, 2.45) is 5.92 Å². The topological polar surface area (TPSA) is 72.8 Å². The number of aryl methyl sites for hydroxylation is 1. The molecule has 0 saturated carbocycles. The van der Waals surface area contributed by atoms with E-state index in [1.165, 1.54) is 0 Å². The van der Waals surface area contributed by atoms with E-state index in [-0.39, 0.29) is 11.7 Å². The van der Waals surface area contributed by atoms with Crippen LogP contribution < -0.4 is 14.8 Å². The number of benzene rings is 1. The molecule has 0 bridgehead atoms. The van der Waals surface area contributed by atoms with Crippen molar-refractivity contribution in [3.8, 4) is 17.2 Å². The number of hydrogen-bond donors (Lipinski definition) is 1. The van der Waals surface area contributed by atoms with E-state index in [0.717, 1.165) is 66.6 Å². The summed E-state index contributed by atoms with van der Waals surface area (Å²) in [5, 5.41) is 2.90. The van der Waals surface area contributed by atoms with Crippen LogP contribution in [0.2, 0.25) is 0 Å². The lowest BCUT2D eigenvalue weighted by Gasteiger charge is -2.31. The molecule has 1 saturated heterocycles. The van der Waals surface area contributed by atoms with Gasteiger partial charge < -0.3 is 19.4 Å². The molecule has 31 heavy (non-hydrogen) atoms. The smallest absolute Gasteiger partial charge is 0.216 e. The molecule has 4 rings (SSSR count). The number of nitrogens with one attached hydrogen (secondary N) is 1. The van der Waals surface area contributed by atoms with Crippen LogP contribution in [-0.2, 0) is 4.79 Å². The third kappa shape index (κ3) is 4.77. The molecular weight excluding hydrogens is 394 g/mol. The minimum atomic E-state index is 0.0194. The molecule has 0 atom stereocenters. The second-order valence-corrected chi connectivity index (χ2v) is 8.53. The minimum absolute atomic E-state index is 0.0194. The molecule has 0 aliphatic carbocycles. The highest BCUT2D eigenvalue weighted by Gasteiger charge is 2.24. The quantitative estimate of drug-likeness (QED) is 0.721. The first-order valence-corrected chi connectivity index (χ1v) is 11.0. The maximum absolute atomic E-state index is 13.1. The van der Waals surface area contributed by atoms with Gasteiger partial charge in [0.1, 0.15) is 13.2 Å². The number of piperidine rings is 1. The number of Topliss-reactive ketones (excluding diaryl/α,β-unsaturated/α-hetero) is 1. The van der Waals surface area contributed by atoms with Crippen LogP contribution in [0.25, 0.3) is 5.69 Å². The Balaban J connectivity index is 1.43. The molecule has 3 heterocycles. The molecule has 1 aromatic carbocycles. The van der Waals surface area contributed by atoms with Crippen molar-refractivity contribution in [3.63, 3.8) is 0 Å². The Bertz CT molecular complexity index is 973. The summed E-state index contributed by atoms with van der Waals surface area (Å²) in [6.45, 7) is 9.61. The lowest BCUT2D eigenvalue weighted by molar-refractivity contribution is -0.119. The number of carbonyl (C=O) groups is 2. The molecule has 2 aliphatic heterocycles. The number of rotatable bonds is 6. The van der Waals surface area contributed by atoms with Crippen LogP contribution in [-0.4, -0.2) is 60.6 Å². The first-order valence-electron chi connectivity index (χ1n) is 11.0. The molecule has 0 unspecified atom stereocenters. The molecule has 1 N–H and O–H groups in total. The van der Waals surface area contributed by atoms with Gasteiger partial charge in [-0.3, -0.25) is 14.5 Å². The van der Waals surface area contributed by atoms with Crippen molar-refractivity contribution in [3.05, 3.63) is 41.2 Å². The number of hydrogen-bond acceptors (Lipinski definition) is 5.